The molecule has 0 aromatic rings. The van der Waals surface area contributed by atoms with E-state index in [2.05, 4.69) is 71.8 Å². The molecule has 0 saturated heterocycles. The van der Waals surface area contributed by atoms with E-state index in [0.717, 1.165) is 13.1 Å². The van der Waals surface area contributed by atoms with E-state index >= 15 is 0 Å². The van der Waals surface area contributed by atoms with Gasteiger partial charge in [-0.15, -0.1) is 0 Å². The van der Waals surface area contributed by atoms with Crippen LogP contribution in [0, 0.1) is 43.0 Å². The fourth-order valence-corrected chi connectivity index (χ4v) is 1.86. The van der Waals surface area contributed by atoms with Crippen molar-refractivity contribution < 1.29 is 42.1 Å². The summed E-state index contributed by atoms with van der Waals surface area (Å²) in [5.41, 5.74) is 0. The van der Waals surface area contributed by atoms with Crippen molar-refractivity contribution in [2.75, 3.05) is 27.2 Å². The van der Waals surface area contributed by atoms with E-state index in [4.69, 9.17) is 0 Å². The first-order valence-corrected chi connectivity index (χ1v) is 5.76. The normalized spacial score (nSPS) is 14.1. The molecular weight excluding hydrogens is 638 g/mol. The molecule has 0 bridgehead atoms. The Morgan fingerprint density at radius 2 is 0.955 bits per heavy atom. The molecule has 142 valence electrons. The zero-order valence-electron chi connectivity index (χ0n) is 14.7. The van der Waals surface area contributed by atoms with E-state index < -0.39 is 0 Å². The second-order valence-corrected chi connectivity index (χ2v) is 4.34. The van der Waals surface area contributed by atoms with Crippen LogP contribution in [0.15, 0.2) is 24.8 Å². The molecule has 2 heterocycles. The van der Waals surface area contributed by atoms with Crippen molar-refractivity contribution in [1.29, 1.82) is 0 Å². The Labute approximate surface area is 169 Å². The Hall–Kier alpha value is 0.0566. The van der Waals surface area contributed by atoms with E-state index in [9.17, 15) is 0 Å². The maximum Gasteiger partial charge on any atom is 0 e. The molecule has 0 N–H and O–H groups in total. The molecule has 2 aliphatic heterocycles. The monoisotopic (exact) mass is 670 g/mol. The Morgan fingerprint density at radius 3 is 1.18 bits per heavy atom. The van der Waals surface area contributed by atoms with Crippen LogP contribution in [0.25, 0.3) is 0 Å². The molecule has 0 unspecified atom stereocenters. The second-order valence-electron chi connectivity index (χ2n) is 4.34. The van der Waals surface area contributed by atoms with Crippen LogP contribution in [-0.2, 0) is 42.1 Å². The van der Waals surface area contributed by atoms with Crippen LogP contribution in [0.2, 0.25) is 0 Å². The van der Waals surface area contributed by atoms with E-state index in [-0.39, 0.29) is 71.8 Å². The smallest absolute Gasteiger partial charge is 0 e. The van der Waals surface area contributed by atoms with Gasteiger partial charge in [0.15, 0.2) is 0 Å². The summed E-state index contributed by atoms with van der Waals surface area (Å²) in [7, 11) is 4.10. The van der Waals surface area contributed by atoms with Crippen molar-refractivity contribution in [2.45, 2.75) is 12.8 Å². The predicted octanol–water partition coefficient (Wildman–Crippen LogP) is 3.24. The van der Waals surface area contributed by atoms with Crippen LogP contribution in [-0.4, -0.2) is 46.8 Å². The van der Waals surface area contributed by atoms with Crippen molar-refractivity contribution in [3.05, 3.63) is 67.8 Å². The van der Waals surface area contributed by atoms with Crippen molar-refractivity contribution in [3.8, 4) is 0 Å². The fourth-order valence-electron chi connectivity index (χ4n) is 1.86. The van der Waals surface area contributed by atoms with Gasteiger partial charge in [-0.1, -0.05) is 0 Å². The third kappa shape index (κ3) is 11.6. The van der Waals surface area contributed by atoms with E-state index in [1.807, 2.05) is 0 Å². The second kappa shape index (κ2) is 17.4. The molecule has 22 heavy (non-hydrogen) atoms. The third-order valence-electron chi connectivity index (χ3n) is 2.73. The number of rotatable bonds is 5. The first-order valence-electron chi connectivity index (χ1n) is 5.76. The molecule has 0 amide bonds. The van der Waals surface area contributed by atoms with Gasteiger partial charge in [0.2, 0.25) is 0 Å². The molecule has 0 radical (unpaired) electrons. The zero-order valence-corrected chi connectivity index (χ0v) is 19.3. The topological polar surface area (TPSA) is 13.0 Å². The first kappa shape index (κ1) is 33.6. The largest absolute Gasteiger partial charge is 0.511 e. The molecule has 2 rings (SSSR count). The summed E-state index contributed by atoms with van der Waals surface area (Å²) in [4.78, 5) is 8.61. The van der Waals surface area contributed by atoms with Gasteiger partial charge in [0, 0.05) is 42.1 Å². The molecular formula is C16H32N4Pt2-6. The summed E-state index contributed by atoms with van der Waals surface area (Å²) in [6, 6.07) is 0. The van der Waals surface area contributed by atoms with Crippen molar-refractivity contribution in [2.24, 2.45) is 0 Å². The minimum atomic E-state index is 0. The number of hydrogen-bond donors (Lipinski definition) is 0. The number of nitrogens with zero attached hydrogens (tertiary/aromatic N) is 4. The molecule has 0 spiro atoms. The Morgan fingerprint density at radius 1 is 0.636 bits per heavy atom. The van der Waals surface area contributed by atoms with Crippen molar-refractivity contribution in [3.63, 3.8) is 0 Å². The van der Waals surface area contributed by atoms with Crippen LogP contribution < -0.4 is 0 Å². The van der Waals surface area contributed by atoms with Gasteiger partial charge in [0.1, 0.15) is 0 Å². The SMILES string of the molecule is CN1C=CN(CCCCN2C=CN(C)[CH-]2)[CH-]1.[CH3-].[CH3-].[CH3-].[CH3-].[Pt].[Pt]. The van der Waals surface area contributed by atoms with E-state index in [1.54, 1.807) is 0 Å². The summed E-state index contributed by atoms with van der Waals surface area (Å²) in [6.45, 7) is 6.45. The van der Waals surface area contributed by atoms with Crippen LogP contribution in [0.3, 0.4) is 0 Å². The molecule has 2 aliphatic rings. The minimum absolute atomic E-state index is 0. The summed E-state index contributed by atoms with van der Waals surface area (Å²) < 4.78 is 0. The van der Waals surface area contributed by atoms with Crippen LogP contribution in [0.1, 0.15) is 12.8 Å². The Kier molecular flexibility index (Phi) is 26.6. The van der Waals surface area contributed by atoms with E-state index in [0.29, 0.717) is 0 Å². The molecule has 0 atom stereocenters. The van der Waals surface area contributed by atoms with Gasteiger partial charge >= 0.3 is 0 Å². The minimum Gasteiger partial charge on any atom is -0.511 e. The summed E-state index contributed by atoms with van der Waals surface area (Å²) in [5, 5.41) is 0. The van der Waals surface area contributed by atoms with Gasteiger partial charge in [0.25, 0.3) is 0 Å². The molecule has 0 aliphatic carbocycles. The quantitative estimate of drug-likeness (QED) is 0.329. The van der Waals surface area contributed by atoms with Crippen LogP contribution in [0.5, 0.6) is 0 Å². The van der Waals surface area contributed by atoms with Gasteiger partial charge < -0.3 is 49.3 Å². The molecule has 0 saturated carbocycles. The third-order valence-corrected chi connectivity index (χ3v) is 2.73. The Bertz CT molecular complexity index is 257. The fraction of sp³-hybridized carbons (Fsp3) is 0.375. The van der Waals surface area contributed by atoms with Crippen molar-refractivity contribution >= 4 is 0 Å². The molecule has 0 aromatic heterocycles. The molecule has 6 heteroatoms. The maximum absolute atomic E-state index is 2.23. The number of hydrogen-bond acceptors (Lipinski definition) is 4. The van der Waals surface area contributed by atoms with Crippen molar-refractivity contribution in [1.82, 2.24) is 19.6 Å². The van der Waals surface area contributed by atoms with Gasteiger partial charge in [-0.2, -0.15) is 13.3 Å². The summed E-state index contributed by atoms with van der Waals surface area (Å²) in [5.74, 6) is 0. The zero-order chi connectivity index (χ0) is 11.4. The van der Waals surface area contributed by atoms with Crippen LogP contribution >= 0.6 is 0 Å². The van der Waals surface area contributed by atoms with Gasteiger partial charge in [-0.05, 0) is 64.8 Å². The predicted molar refractivity (Wildman–Crippen MR) is 90.7 cm³/mol. The Balaban J connectivity index is -0.000000161. The van der Waals surface area contributed by atoms with Gasteiger partial charge in [-0.25, -0.2) is 0 Å². The number of unbranched alkanes of at least 4 members (excludes halogenated alkanes) is 1. The molecule has 4 nitrogen and oxygen atoms in total. The van der Waals surface area contributed by atoms with Crippen LogP contribution in [0.4, 0.5) is 0 Å². The molecule has 0 fully saturated rings. The molecule has 0 aromatic carbocycles. The summed E-state index contributed by atoms with van der Waals surface area (Å²) >= 11 is 0. The first-order chi connectivity index (χ1) is 7.74. The average Bonchev–Trinajstić information content (AvgIpc) is 2.83. The standard InChI is InChI=1S/C12H20N4.4CH3.2Pt/c1-13-7-9-15(11-13)5-3-4-6-16-10-8-14(2)12-16;;;;;;/h7-12H,3-6H2,1-2H3;4*1H3;;/q-2;4*-1;;. The summed E-state index contributed by atoms with van der Waals surface area (Å²) in [6.07, 6.45) is 10.8. The average molecular weight is 671 g/mol. The van der Waals surface area contributed by atoms with Gasteiger partial charge in [-0.3, -0.25) is 0 Å². The maximum atomic E-state index is 2.23. The van der Waals surface area contributed by atoms with E-state index in [1.165, 1.54) is 12.8 Å². The van der Waals surface area contributed by atoms with Gasteiger partial charge in [0.05, 0.1) is 0 Å².